The Labute approximate surface area is 156 Å². The quantitative estimate of drug-likeness (QED) is 0.803. The highest BCUT2D eigenvalue weighted by molar-refractivity contribution is 6.35. The van der Waals surface area contributed by atoms with Crippen molar-refractivity contribution in [1.82, 2.24) is 20.6 Å². The Morgan fingerprint density at radius 3 is 2.15 bits per heavy atom. The summed E-state index contributed by atoms with van der Waals surface area (Å²) in [4.78, 5) is 35.2. The van der Waals surface area contributed by atoms with Crippen molar-refractivity contribution >= 4 is 17.8 Å². The lowest BCUT2D eigenvalue weighted by Gasteiger charge is -2.25. The van der Waals surface area contributed by atoms with E-state index in [-0.39, 0.29) is 12.1 Å². The van der Waals surface area contributed by atoms with Crippen LogP contribution in [0.3, 0.4) is 0 Å². The number of nitrogens with one attached hydrogen (secondary N) is 2. The van der Waals surface area contributed by atoms with Crippen LogP contribution in [0.4, 0.5) is 5.95 Å². The summed E-state index contributed by atoms with van der Waals surface area (Å²) >= 11 is 0. The third kappa shape index (κ3) is 5.68. The van der Waals surface area contributed by atoms with Crippen molar-refractivity contribution in [3.8, 4) is 0 Å². The molecule has 1 atom stereocenters. The van der Waals surface area contributed by atoms with Crippen molar-refractivity contribution in [3.05, 3.63) is 17.5 Å². The first kappa shape index (κ1) is 20.1. The Balaban J connectivity index is 2.03. The lowest BCUT2D eigenvalue weighted by molar-refractivity contribution is -0.139. The molecule has 0 aliphatic carbocycles. The van der Waals surface area contributed by atoms with E-state index in [2.05, 4.69) is 25.5 Å². The van der Waals surface area contributed by atoms with Gasteiger partial charge in [0.2, 0.25) is 5.95 Å². The first-order valence-electron chi connectivity index (χ1n) is 9.58. The summed E-state index contributed by atoms with van der Waals surface area (Å²) in [7, 11) is 0. The van der Waals surface area contributed by atoms with Gasteiger partial charge >= 0.3 is 11.8 Å². The zero-order valence-electron chi connectivity index (χ0n) is 16.3. The van der Waals surface area contributed by atoms with Crippen LogP contribution < -0.4 is 15.5 Å². The maximum Gasteiger partial charge on any atom is 0.309 e. The van der Waals surface area contributed by atoms with Crippen molar-refractivity contribution in [2.45, 2.75) is 71.9 Å². The Kier molecular flexibility index (Phi) is 7.36. The Morgan fingerprint density at radius 1 is 1.00 bits per heavy atom. The maximum absolute atomic E-state index is 12.0. The predicted molar refractivity (Wildman–Crippen MR) is 102 cm³/mol. The normalized spacial score (nSPS) is 16.6. The Morgan fingerprint density at radius 2 is 1.58 bits per heavy atom. The van der Waals surface area contributed by atoms with Gasteiger partial charge in [-0.05, 0) is 40.5 Å². The minimum Gasteiger partial charge on any atom is -0.346 e. The Hall–Kier alpha value is -2.18. The number of aryl methyl sites for hydroxylation is 1. The first-order valence-corrected chi connectivity index (χ1v) is 9.58. The molecule has 7 heteroatoms. The molecule has 7 nitrogen and oxygen atoms in total. The van der Waals surface area contributed by atoms with Crippen LogP contribution in [-0.4, -0.2) is 40.9 Å². The average molecular weight is 361 g/mol. The molecule has 2 rings (SSSR count). The number of carbonyl (C=O) groups is 2. The van der Waals surface area contributed by atoms with E-state index in [1.54, 1.807) is 6.20 Å². The van der Waals surface area contributed by atoms with Crippen molar-refractivity contribution in [1.29, 1.82) is 0 Å². The molecule has 0 aromatic carbocycles. The number of rotatable bonds is 4. The van der Waals surface area contributed by atoms with Crippen LogP contribution in [-0.2, 0) is 9.59 Å². The lowest BCUT2D eigenvalue weighted by Crippen LogP contribution is -2.43. The van der Waals surface area contributed by atoms with Crippen LogP contribution in [0, 0.1) is 6.92 Å². The molecule has 2 heterocycles. The van der Waals surface area contributed by atoms with E-state index in [0.29, 0.717) is 0 Å². The molecule has 144 valence electrons. The van der Waals surface area contributed by atoms with Gasteiger partial charge in [0, 0.05) is 36.6 Å². The summed E-state index contributed by atoms with van der Waals surface area (Å²) in [6.45, 7) is 9.36. The minimum atomic E-state index is -0.640. The van der Waals surface area contributed by atoms with Gasteiger partial charge in [0.25, 0.3) is 0 Å². The molecule has 2 amide bonds. The van der Waals surface area contributed by atoms with E-state index >= 15 is 0 Å². The van der Waals surface area contributed by atoms with Gasteiger partial charge in [-0.1, -0.05) is 19.3 Å². The molecule has 0 radical (unpaired) electrons. The van der Waals surface area contributed by atoms with Gasteiger partial charge in [0.05, 0.1) is 6.04 Å². The number of amides is 2. The van der Waals surface area contributed by atoms with Gasteiger partial charge in [0.15, 0.2) is 0 Å². The monoisotopic (exact) mass is 361 g/mol. The molecule has 1 aliphatic rings. The fourth-order valence-electron chi connectivity index (χ4n) is 3.16. The van der Waals surface area contributed by atoms with Crippen molar-refractivity contribution in [2.24, 2.45) is 0 Å². The highest BCUT2D eigenvalue weighted by Gasteiger charge is 2.20. The number of hydrogen-bond donors (Lipinski definition) is 2. The van der Waals surface area contributed by atoms with E-state index in [1.165, 1.54) is 32.1 Å². The molecule has 0 saturated carbocycles. The zero-order valence-corrected chi connectivity index (χ0v) is 16.3. The smallest absolute Gasteiger partial charge is 0.309 e. The molecule has 0 spiro atoms. The second-order valence-electron chi connectivity index (χ2n) is 7.29. The van der Waals surface area contributed by atoms with Crippen LogP contribution in [0.15, 0.2) is 6.20 Å². The highest BCUT2D eigenvalue weighted by atomic mass is 16.2. The highest BCUT2D eigenvalue weighted by Crippen LogP contribution is 2.20. The van der Waals surface area contributed by atoms with E-state index in [0.717, 1.165) is 30.3 Å². The molecule has 1 aliphatic heterocycles. The first-order chi connectivity index (χ1) is 12.4. The average Bonchev–Trinajstić information content (AvgIpc) is 2.53. The molecule has 1 saturated heterocycles. The molecule has 0 bridgehead atoms. The molecule has 26 heavy (non-hydrogen) atoms. The summed E-state index contributed by atoms with van der Waals surface area (Å²) in [6, 6.07) is -0.410. The lowest BCUT2D eigenvalue weighted by atomic mass is 10.1. The van der Waals surface area contributed by atoms with Gasteiger partial charge in [0.1, 0.15) is 0 Å². The van der Waals surface area contributed by atoms with Gasteiger partial charge in [-0.3, -0.25) is 9.59 Å². The molecule has 1 unspecified atom stereocenters. The number of nitrogens with zero attached hydrogens (tertiary/aromatic N) is 3. The number of carbonyl (C=O) groups excluding carboxylic acids is 2. The summed E-state index contributed by atoms with van der Waals surface area (Å²) in [6.07, 6.45) is 7.93. The van der Waals surface area contributed by atoms with Crippen LogP contribution in [0.1, 0.15) is 70.2 Å². The van der Waals surface area contributed by atoms with Crippen molar-refractivity contribution < 1.29 is 9.59 Å². The number of anilines is 1. The van der Waals surface area contributed by atoms with Gasteiger partial charge in [-0.15, -0.1) is 0 Å². The molecular weight excluding hydrogens is 330 g/mol. The van der Waals surface area contributed by atoms with Gasteiger partial charge in [-0.2, -0.15) is 0 Å². The number of hydrogen-bond acceptors (Lipinski definition) is 5. The fourth-order valence-corrected chi connectivity index (χ4v) is 3.16. The molecule has 1 aromatic rings. The van der Waals surface area contributed by atoms with E-state index in [9.17, 15) is 9.59 Å². The van der Waals surface area contributed by atoms with Crippen molar-refractivity contribution in [2.75, 3.05) is 18.0 Å². The summed E-state index contributed by atoms with van der Waals surface area (Å²) in [5.41, 5.74) is 1.65. The molecular formula is C19H31N5O2. The second-order valence-corrected chi connectivity index (χ2v) is 7.29. The minimum absolute atomic E-state index is 0.0780. The SMILES string of the molecule is Cc1nc(N2CCCCCCC2)ncc1C(C)NC(=O)C(=O)NC(C)C. The summed E-state index contributed by atoms with van der Waals surface area (Å²) in [5.74, 6) is -0.509. The third-order valence-electron chi connectivity index (χ3n) is 4.58. The fraction of sp³-hybridized carbons (Fsp3) is 0.684. The standard InChI is InChI=1S/C19H31N5O2/c1-13(2)21-17(25)18(26)22-14(3)16-12-20-19(23-15(16)4)24-10-8-6-5-7-9-11-24/h12-14H,5-11H2,1-4H3,(H,21,25)(H,22,26). The Bertz CT molecular complexity index is 624. The molecule has 2 N–H and O–H groups in total. The topological polar surface area (TPSA) is 87.2 Å². The van der Waals surface area contributed by atoms with Crippen LogP contribution >= 0.6 is 0 Å². The van der Waals surface area contributed by atoms with E-state index in [4.69, 9.17) is 0 Å². The zero-order chi connectivity index (χ0) is 19.1. The van der Waals surface area contributed by atoms with Crippen molar-refractivity contribution in [3.63, 3.8) is 0 Å². The molecule has 1 fully saturated rings. The second kappa shape index (κ2) is 9.50. The largest absolute Gasteiger partial charge is 0.346 e. The van der Waals surface area contributed by atoms with Crippen LogP contribution in [0.5, 0.6) is 0 Å². The van der Waals surface area contributed by atoms with Crippen LogP contribution in [0.2, 0.25) is 0 Å². The summed E-state index contributed by atoms with van der Waals surface area (Å²) in [5, 5.41) is 5.30. The molecule has 1 aromatic heterocycles. The summed E-state index contributed by atoms with van der Waals surface area (Å²) < 4.78 is 0. The maximum atomic E-state index is 12.0. The van der Waals surface area contributed by atoms with Gasteiger partial charge < -0.3 is 15.5 Å². The van der Waals surface area contributed by atoms with E-state index in [1.807, 2.05) is 27.7 Å². The van der Waals surface area contributed by atoms with Gasteiger partial charge in [-0.25, -0.2) is 9.97 Å². The third-order valence-corrected chi connectivity index (χ3v) is 4.58. The number of aromatic nitrogens is 2. The van der Waals surface area contributed by atoms with E-state index < -0.39 is 11.8 Å². The van der Waals surface area contributed by atoms with Crippen LogP contribution in [0.25, 0.3) is 0 Å². The predicted octanol–water partition coefficient (Wildman–Crippen LogP) is 2.26.